The maximum absolute atomic E-state index is 12.4. The molecule has 0 aromatic heterocycles. The van der Waals surface area contributed by atoms with E-state index >= 15 is 0 Å². The second-order valence-corrected chi connectivity index (χ2v) is 13.4. The molecule has 0 spiro atoms. The van der Waals surface area contributed by atoms with Crippen molar-refractivity contribution in [3.8, 4) is 11.5 Å². The van der Waals surface area contributed by atoms with Gasteiger partial charge in [-0.1, -0.05) is 25.6 Å². The number of carbonyl (C=O) groups excluding carboxylic acids is 2. The highest BCUT2D eigenvalue weighted by molar-refractivity contribution is 6.83. The molecule has 0 aliphatic rings. The summed E-state index contributed by atoms with van der Waals surface area (Å²) in [6.07, 6.45) is -1.40. The third-order valence-electron chi connectivity index (χ3n) is 2.24. The predicted molar refractivity (Wildman–Crippen MR) is 98.0 cm³/mol. The molecule has 0 bridgehead atoms. The summed E-state index contributed by atoms with van der Waals surface area (Å²) in [5.74, 6) is 3.02. The number of carbonyl (C=O) groups is 2. The van der Waals surface area contributed by atoms with E-state index in [0.29, 0.717) is 0 Å². The van der Waals surface area contributed by atoms with E-state index in [4.69, 9.17) is 9.47 Å². The second-order valence-electron chi connectivity index (χ2n) is 8.66. The first-order valence-corrected chi connectivity index (χ1v) is 11.5. The number of hydrogen-bond acceptors (Lipinski definition) is 4. The summed E-state index contributed by atoms with van der Waals surface area (Å²) in [4.78, 5) is 24.4. The minimum atomic E-state index is -1.61. The Balaban J connectivity index is 5.32. The predicted octanol–water partition coefficient (Wildman–Crippen LogP) is 3.93. The van der Waals surface area contributed by atoms with Crippen LogP contribution in [0.25, 0.3) is 0 Å². The summed E-state index contributed by atoms with van der Waals surface area (Å²) in [7, 11) is -1.61. The van der Waals surface area contributed by atoms with Crippen molar-refractivity contribution in [1.82, 2.24) is 10.4 Å². The number of hydrogen-bond donors (Lipinski definition) is 1. The smallest absolute Gasteiger partial charge is 0.430 e. The van der Waals surface area contributed by atoms with Crippen LogP contribution in [0.5, 0.6) is 0 Å². The lowest BCUT2D eigenvalue weighted by Gasteiger charge is -2.30. The Morgan fingerprint density at radius 2 is 1.46 bits per heavy atom. The molecule has 0 heterocycles. The lowest BCUT2D eigenvalue weighted by atomic mass is 10.2. The quantitative estimate of drug-likeness (QED) is 0.439. The van der Waals surface area contributed by atoms with Crippen LogP contribution < -0.4 is 5.43 Å². The standard InChI is InChI=1S/C17H32N2O4Si/c1-13(11-12-24(8,9)10)19(15(21)23-17(5,6)7)18-14(20)22-16(2,3)4/h13H,1-10H3,(H,18,20). The lowest BCUT2D eigenvalue weighted by Crippen LogP contribution is -2.53. The minimum absolute atomic E-state index is 0.543. The van der Waals surface area contributed by atoms with Crippen LogP contribution in [0.3, 0.4) is 0 Å². The summed E-state index contributed by atoms with van der Waals surface area (Å²) in [6.45, 7) is 18.6. The first-order valence-electron chi connectivity index (χ1n) is 8.05. The Kier molecular flexibility index (Phi) is 7.37. The lowest BCUT2D eigenvalue weighted by molar-refractivity contribution is -0.00259. The second kappa shape index (κ2) is 7.93. The average Bonchev–Trinajstić information content (AvgIpc) is 2.27. The van der Waals surface area contributed by atoms with Gasteiger partial charge in [-0.15, -0.1) is 5.54 Å². The number of nitrogens with zero attached hydrogens (tertiary/aromatic N) is 1. The van der Waals surface area contributed by atoms with Gasteiger partial charge in [-0.05, 0) is 48.5 Å². The van der Waals surface area contributed by atoms with Crippen molar-refractivity contribution in [2.45, 2.75) is 85.4 Å². The zero-order chi connectivity index (χ0) is 19.3. The molecule has 1 atom stereocenters. The van der Waals surface area contributed by atoms with Crippen molar-refractivity contribution in [3.05, 3.63) is 0 Å². The van der Waals surface area contributed by atoms with Crippen molar-refractivity contribution in [3.63, 3.8) is 0 Å². The van der Waals surface area contributed by atoms with E-state index < -0.39 is 37.5 Å². The molecule has 0 aliphatic heterocycles. The highest BCUT2D eigenvalue weighted by Gasteiger charge is 2.29. The summed E-state index contributed by atoms with van der Waals surface area (Å²) in [5.41, 5.74) is 4.28. The van der Waals surface area contributed by atoms with Gasteiger partial charge in [-0.3, -0.25) is 0 Å². The summed E-state index contributed by atoms with van der Waals surface area (Å²) in [5, 5.41) is 1.08. The summed E-state index contributed by atoms with van der Waals surface area (Å²) >= 11 is 0. The first kappa shape index (κ1) is 22.3. The van der Waals surface area contributed by atoms with E-state index in [9.17, 15) is 9.59 Å². The summed E-state index contributed by atoms with van der Waals surface area (Å²) < 4.78 is 10.5. The normalized spacial score (nSPS) is 13.2. The van der Waals surface area contributed by atoms with E-state index in [1.165, 1.54) is 0 Å². The van der Waals surface area contributed by atoms with Crippen LogP contribution in [-0.4, -0.2) is 42.5 Å². The minimum Gasteiger partial charge on any atom is -0.443 e. The molecule has 138 valence electrons. The molecule has 24 heavy (non-hydrogen) atoms. The molecule has 0 fully saturated rings. The zero-order valence-electron chi connectivity index (χ0n) is 16.7. The molecule has 0 rings (SSSR count). The van der Waals surface area contributed by atoms with Gasteiger partial charge in [0.2, 0.25) is 0 Å². The van der Waals surface area contributed by atoms with Crippen LogP contribution in [0.1, 0.15) is 48.5 Å². The fourth-order valence-corrected chi connectivity index (χ4v) is 2.04. The van der Waals surface area contributed by atoms with Gasteiger partial charge in [0.25, 0.3) is 0 Å². The van der Waals surface area contributed by atoms with Gasteiger partial charge in [-0.25, -0.2) is 20.0 Å². The van der Waals surface area contributed by atoms with Crippen molar-refractivity contribution < 1.29 is 19.1 Å². The largest absolute Gasteiger partial charge is 0.443 e. The van der Waals surface area contributed by atoms with Crippen molar-refractivity contribution >= 4 is 20.3 Å². The fourth-order valence-electron chi connectivity index (χ4n) is 1.40. The molecule has 0 aromatic rings. The van der Waals surface area contributed by atoms with Crippen LogP contribution in [-0.2, 0) is 9.47 Å². The number of amides is 2. The van der Waals surface area contributed by atoms with Crippen LogP contribution in [0.15, 0.2) is 0 Å². The molecule has 0 saturated carbocycles. The van der Waals surface area contributed by atoms with Crippen molar-refractivity contribution in [1.29, 1.82) is 0 Å². The Hall–Kier alpha value is -1.68. The average molecular weight is 357 g/mol. The third kappa shape index (κ3) is 10.9. The molecule has 1 unspecified atom stereocenters. The maximum atomic E-state index is 12.4. The van der Waals surface area contributed by atoms with Gasteiger partial charge in [-0.2, -0.15) is 0 Å². The molecule has 1 N–H and O–H groups in total. The Morgan fingerprint density at radius 1 is 1.00 bits per heavy atom. The van der Waals surface area contributed by atoms with Gasteiger partial charge in [0, 0.05) is 0 Å². The molecule has 7 heteroatoms. The van der Waals surface area contributed by atoms with Gasteiger partial charge in [0.15, 0.2) is 0 Å². The van der Waals surface area contributed by atoms with Crippen LogP contribution in [0.4, 0.5) is 9.59 Å². The zero-order valence-corrected chi connectivity index (χ0v) is 17.7. The Labute approximate surface area is 147 Å². The van der Waals surface area contributed by atoms with Crippen LogP contribution in [0.2, 0.25) is 19.6 Å². The van der Waals surface area contributed by atoms with Crippen molar-refractivity contribution in [2.75, 3.05) is 0 Å². The highest BCUT2D eigenvalue weighted by Crippen LogP contribution is 2.12. The molecule has 0 aliphatic carbocycles. The molecular weight excluding hydrogens is 324 g/mol. The monoisotopic (exact) mass is 356 g/mol. The molecule has 0 aromatic carbocycles. The number of rotatable bonds is 1. The molecule has 0 radical (unpaired) electrons. The maximum Gasteiger partial charge on any atom is 0.430 e. The van der Waals surface area contributed by atoms with Crippen LogP contribution >= 0.6 is 0 Å². The molecule has 2 amide bonds. The SMILES string of the molecule is CC(C#C[Si](C)(C)C)N(NC(=O)OC(C)(C)C)C(=O)OC(C)(C)C. The van der Waals surface area contributed by atoms with Gasteiger partial charge >= 0.3 is 12.2 Å². The number of hydrazine groups is 1. The Morgan fingerprint density at radius 3 is 1.83 bits per heavy atom. The fraction of sp³-hybridized carbons (Fsp3) is 0.765. The highest BCUT2D eigenvalue weighted by atomic mass is 28.3. The van der Waals surface area contributed by atoms with Crippen LogP contribution in [0, 0.1) is 11.5 Å². The van der Waals surface area contributed by atoms with E-state index in [1.807, 2.05) is 0 Å². The number of nitrogens with one attached hydrogen (secondary N) is 1. The molecular formula is C17H32N2O4Si. The van der Waals surface area contributed by atoms with Gasteiger partial charge < -0.3 is 9.47 Å². The van der Waals surface area contributed by atoms with Gasteiger partial charge in [0.1, 0.15) is 25.3 Å². The van der Waals surface area contributed by atoms with E-state index in [-0.39, 0.29) is 0 Å². The summed E-state index contributed by atoms with van der Waals surface area (Å²) in [6, 6.07) is -0.543. The van der Waals surface area contributed by atoms with Crippen molar-refractivity contribution in [2.24, 2.45) is 0 Å². The Bertz CT molecular complexity index is 516. The van der Waals surface area contributed by atoms with E-state index in [1.54, 1.807) is 48.5 Å². The third-order valence-corrected chi connectivity index (χ3v) is 3.14. The number of ether oxygens (including phenoxy) is 2. The van der Waals surface area contributed by atoms with Gasteiger partial charge in [0.05, 0.1) is 0 Å². The molecule has 0 saturated heterocycles. The molecule has 6 nitrogen and oxygen atoms in total. The first-order chi connectivity index (χ1) is 10.5. The topological polar surface area (TPSA) is 67.9 Å². The van der Waals surface area contributed by atoms with E-state index in [0.717, 1.165) is 5.01 Å². The van der Waals surface area contributed by atoms with E-state index in [2.05, 4.69) is 36.5 Å².